The van der Waals surface area contributed by atoms with Crippen molar-refractivity contribution in [2.75, 3.05) is 5.32 Å². The number of alkyl halides is 3. The fourth-order valence-electron chi connectivity index (χ4n) is 1.61. The van der Waals surface area contributed by atoms with Crippen molar-refractivity contribution in [1.29, 1.82) is 0 Å². The summed E-state index contributed by atoms with van der Waals surface area (Å²) in [5.74, 6) is -0.241. The summed E-state index contributed by atoms with van der Waals surface area (Å²) >= 11 is 1.45. The zero-order chi connectivity index (χ0) is 15.7. The van der Waals surface area contributed by atoms with Crippen molar-refractivity contribution in [1.82, 2.24) is 4.98 Å². The SMILES string of the molecule is CC(C)(C)Nc1nc(-c2ccc(OC(F)(F)F)cc2)cs1. The Hall–Kier alpha value is -1.76. The molecular formula is C14H15F3N2OS. The first-order chi connectivity index (χ1) is 9.62. The second-order valence-corrected chi connectivity index (χ2v) is 6.34. The number of aromatic nitrogens is 1. The summed E-state index contributed by atoms with van der Waals surface area (Å²) < 4.78 is 40.1. The van der Waals surface area contributed by atoms with Gasteiger partial charge in [0.2, 0.25) is 0 Å². The Bertz CT molecular complexity index is 600. The van der Waals surface area contributed by atoms with Gasteiger partial charge in [-0.3, -0.25) is 0 Å². The van der Waals surface area contributed by atoms with Gasteiger partial charge in [0.25, 0.3) is 0 Å². The molecule has 1 heterocycles. The van der Waals surface area contributed by atoms with Crippen molar-refractivity contribution >= 4 is 16.5 Å². The number of nitrogens with zero attached hydrogens (tertiary/aromatic N) is 1. The van der Waals surface area contributed by atoms with Gasteiger partial charge in [-0.25, -0.2) is 4.98 Å². The number of hydrogen-bond donors (Lipinski definition) is 1. The lowest BCUT2D eigenvalue weighted by Crippen LogP contribution is -2.25. The molecule has 1 aromatic carbocycles. The van der Waals surface area contributed by atoms with Gasteiger partial charge in [0.05, 0.1) is 5.69 Å². The molecule has 1 N–H and O–H groups in total. The summed E-state index contributed by atoms with van der Waals surface area (Å²) in [5, 5.41) is 5.87. The van der Waals surface area contributed by atoms with E-state index in [1.807, 2.05) is 26.2 Å². The van der Waals surface area contributed by atoms with Crippen LogP contribution >= 0.6 is 11.3 Å². The maximum Gasteiger partial charge on any atom is 0.573 e. The number of hydrogen-bond acceptors (Lipinski definition) is 4. The van der Waals surface area contributed by atoms with Crippen LogP contribution < -0.4 is 10.1 Å². The molecule has 0 fully saturated rings. The predicted octanol–water partition coefficient (Wildman–Crippen LogP) is 4.92. The number of ether oxygens (including phenoxy) is 1. The molecule has 0 bridgehead atoms. The molecule has 0 atom stereocenters. The lowest BCUT2D eigenvalue weighted by molar-refractivity contribution is -0.274. The van der Waals surface area contributed by atoms with E-state index in [1.54, 1.807) is 12.1 Å². The monoisotopic (exact) mass is 316 g/mol. The number of nitrogens with one attached hydrogen (secondary N) is 1. The molecule has 0 saturated carbocycles. The Morgan fingerprint density at radius 1 is 1.10 bits per heavy atom. The molecule has 7 heteroatoms. The summed E-state index contributed by atoms with van der Waals surface area (Å²) in [6, 6.07) is 5.66. The first kappa shape index (κ1) is 15.6. The summed E-state index contributed by atoms with van der Waals surface area (Å²) in [4.78, 5) is 4.41. The fourth-order valence-corrected chi connectivity index (χ4v) is 2.54. The van der Waals surface area contributed by atoms with Crippen LogP contribution in [0, 0.1) is 0 Å². The Kier molecular flexibility index (Phi) is 4.13. The number of anilines is 1. The van der Waals surface area contributed by atoms with E-state index in [1.165, 1.54) is 23.5 Å². The van der Waals surface area contributed by atoms with Crippen LogP contribution in [0.5, 0.6) is 5.75 Å². The van der Waals surface area contributed by atoms with Crippen molar-refractivity contribution in [2.24, 2.45) is 0 Å². The van der Waals surface area contributed by atoms with Crippen molar-refractivity contribution in [3.8, 4) is 17.0 Å². The van der Waals surface area contributed by atoms with Gasteiger partial charge >= 0.3 is 6.36 Å². The molecule has 2 aromatic rings. The highest BCUT2D eigenvalue weighted by atomic mass is 32.1. The molecule has 2 rings (SSSR count). The molecule has 0 spiro atoms. The summed E-state index contributed by atoms with van der Waals surface area (Å²) in [6.07, 6.45) is -4.67. The van der Waals surface area contributed by atoms with Crippen LogP contribution in [0.4, 0.5) is 18.3 Å². The minimum Gasteiger partial charge on any atom is -0.406 e. The molecule has 0 amide bonds. The lowest BCUT2D eigenvalue weighted by Gasteiger charge is -2.19. The van der Waals surface area contributed by atoms with Gasteiger partial charge in [-0.05, 0) is 45.0 Å². The van der Waals surface area contributed by atoms with Gasteiger partial charge in [0, 0.05) is 16.5 Å². The molecule has 114 valence electrons. The predicted molar refractivity (Wildman–Crippen MR) is 77.6 cm³/mol. The van der Waals surface area contributed by atoms with E-state index in [-0.39, 0.29) is 11.3 Å². The van der Waals surface area contributed by atoms with Crippen LogP contribution in [0.3, 0.4) is 0 Å². The van der Waals surface area contributed by atoms with E-state index in [0.717, 1.165) is 10.7 Å². The fraction of sp³-hybridized carbons (Fsp3) is 0.357. The quantitative estimate of drug-likeness (QED) is 0.873. The summed E-state index contributed by atoms with van der Waals surface area (Å²) in [7, 11) is 0. The van der Waals surface area contributed by atoms with E-state index in [9.17, 15) is 13.2 Å². The summed E-state index contributed by atoms with van der Waals surface area (Å²) in [6.45, 7) is 6.08. The molecular weight excluding hydrogens is 301 g/mol. The van der Waals surface area contributed by atoms with Crippen LogP contribution in [0.1, 0.15) is 20.8 Å². The topological polar surface area (TPSA) is 34.2 Å². The smallest absolute Gasteiger partial charge is 0.406 e. The van der Waals surface area contributed by atoms with Crippen LogP contribution in [0.15, 0.2) is 29.6 Å². The average Bonchev–Trinajstić information content (AvgIpc) is 2.74. The molecule has 21 heavy (non-hydrogen) atoms. The van der Waals surface area contributed by atoms with E-state index in [2.05, 4.69) is 15.0 Å². The largest absolute Gasteiger partial charge is 0.573 e. The van der Waals surface area contributed by atoms with Crippen LogP contribution in [-0.4, -0.2) is 16.9 Å². The van der Waals surface area contributed by atoms with Crippen LogP contribution in [0.25, 0.3) is 11.3 Å². The van der Waals surface area contributed by atoms with Crippen molar-refractivity contribution in [3.05, 3.63) is 29.6 Å². The second kappa shape index (κ2) is 5.55. The molecule has 0 unspecified atom stereocenters. The van der Waals surface area contributed by atoms with E-state index >= 15 is 0 Å². The molecule has 0 aliphatic carbocycles. The Morgan fingerprint density at radius 2 is 1.71 bits per heavy atom. The third-order valence-corrected chi connectivity index (χ3v) is 3.13. The van der Waals surface area contributed by atoms with Crippen molar-refractivity contribution in [2.45, 2.75) is 32.7 Å². The van der Waals surface area contributed by atoms with Gasteiger partial charge in [0.1, 0.15) is 5.75 Å². The Balaban J connectivity index is 2.12. The Labute approximate surface area is 124 Å². The average molecular weight is 316 g/mol. The molecule has 0 aliphatic rings. The van der Waals surface area contributed by atoms with E-state index in [0.29, 0.717) is 5.69 Å². The third kappa shape index (κ3) is 4.93. The van der Waals surface area contributed by atoms with Gasteiger partial charge < -0.3 is 10.1 Å². The van der Waals surface area contributed by atoms with Crippen LogP contribution in [0.2, 0.25) is 0 Å². The number of rotatable bonds is 3. The third-order valence-electron chi connectivity index (χ3n) is 2.37. The molecule has 1 aromatic heterocycles. The highest BCUT2D eigenvalue weighted by Crippen LogP contribution is 2.29. The molecule has 0 radical (unpaired) electrons. The van der Waals surface area contributed by atoms with Crippen LogP contribution in [-0.2, 0) is 0 Å². The minimum atomic E-state index is -4.67. The van der Waals surface area contributed by atoms with Gasteiger partial charge in [-0.2, -0.15) is 0 Å². The van der Waals surface area contributed by atoms with Gasteiger partial charge in [-0.15, -0.1) is 24.5 Å². The van der Waals surface area contributed by atoms with Crippen molar-refractivity contribution in [3.63, 3.8) is 0 Å². The standard InChI is InChI=1S/C14H15F3N2OS/c1-13(2,3)19-12-18-11(8-21-12)9-4-6-10(7-5-9)20-14(15,16)17/h4-8H,1-3H3,(H,18,19). The minimum absolute atomic E-state index is 0.0977. The normalized spacial score (nSPS) is 12.3. The molecule has 0 saturated heterocycles. The van der Waals surface area contributed by atoms with Gasteiger partial charge in [0.15, 0.2) is 5.13 Å². The highest BCUT2D eigenvalue weighted by Gasteiger charge is 2.31. The lowest BCUT2D eigenvalue weighted by atomic mass is 10.1. The van der Waals surface area contributed by atoms with E-state index < -0.39 is 6.36 Å². The number of benzene rings is 1. The zero-order valence-electron chi connectivity index (χ0n) is 11.8. The number of halogens is 3. The maximum atomic E-state index is 12.1. The molecule has 0 aliphatic heterocycles. The molecule has 3 nitrogen and oxygen atoms in total. The second-order valence-electron chi connectivity index (χ2n) is 5.49. The van der Waals surface area contributed by atoms with Crippen molar-refractivity contribution < 1.29 is 17.9 Å². The zero-order valence-corrected chi connectivity index (χ0v) is 12.6. The van der Waals surface area contributed by atoms with E-state index in [4.69, 9.17) is 0 Å². The van der Waals surface area contributed by atoms with Gasteiger partial charge in [-0.1, -0.05) is 0 Å². The first-order valence-corrected chi connectivity index (χ1v) is 7.10. The summed E-state index contributed by atoms with van der Waals surface area (Å²) in [5.41, 5.74) is 1.35. The Morgan fingerprint density at radius 3 is 2.24 bits per heavy atom. The highest BCUT2D eigenvalue weighted by molar-refractivity contribution is 7.14. The maximum absolute atomic E-state index is 12.1. The number of thiazole rings is 1. The first-order valence-electron chi connectivity index (χ1n) is 6.22.